The highest BCUT2D eigenvalue weighted by molar-refractivity contribution is 7.26. The van der Waals surface area contributed by atoms with Crippen LogP contribution in [-0.2, 0) is 0 Å². The Morgan fingerprint density at radius 2 is 0.980 bits per heavy atom. The van der Waals surface area contributed by atoms with Crippen molar-refractivity contribution in [1.29, 1.82) is 0 Å². The van der Waals surface area contributed by atoms with Crippen LogP contribution in [-0.4, -0.2) is 9.97 Å². The Morgan fingerprint density at radius 1 is 0.420 bits per heavy atom. The molecule has 0 fully saturated rings. The summed E-state index contributed by atoms with van der Waals surface area (Å²) in [5.74, 6) is 0.727. The van der Waals surface area contributed by atoms with Gasteiger partial charge in [0.2, 0.25) is 0 Å². The van der Waals surface area contributed by atoms with Gasteiger partial charge in [0.05, 0.1) is 15.9 Å². The number of rotatable bonds is 5. The zero-order chi connectivity index (χ0) is 33.0. The van der Waals surface area contributed by atoms with E-state index in [9.17, 15) is 0 Å². The lowest BCUT2D eigenvalue weighted by atomic mass is 9.95. The van der Waals surface area contributed by atoms with Crippen LogP contribution in [0.15, 0.2) is 174 Å². The van der Waals surface area contributed by atoms with E-state index in [1.165, 1.54) is 4.70 Å². The van der Waals surface area contributed by atoms with Gasteiger partial charge in [-0.1, -0.05) is 140 Å². The van der Waals surface area contributed by atoms with Gasteiger partial charge in [-0.25, -0.2) is 9.97 Å². The highest BCUT2D eigenvalue weighted by Crippen LogP contribution is 2.40. The van der Waals surface area contributed by atoms with Gasteiger partial charge in [-0.05, 0) is 58.1 Å². The third-order valence-corrected chi connectivity index (χ3v) is 10.7. The Labute approximate surface area is 292 Å². The molecule has 50 heavy (non-hydrogen) atoms. The lowest BCUT2D eigenvalue weighted by Gasteiger charge is -2.11. The van der Waals surface area contributed by atoms with Gasteiger partial charge in [0.25, 0.3) is 0 Å². The second kappa shape index (κ2) is 11.7. The molecule has 0 unspecified atom stereocenters. The Kier molecular flexibility index (Phi) is 6.68. The van der Waals surface area contributed by atoms with Crippen molar-refractivity contribution in [2.45, 2.75) is 0 Å². The Bertz CT molecular complexity index is 2880. The van der Waals surface area contributed by atoms with Crippen LogP contribution < -0.4 is 0 Å². The molecule has 0 atom stereocenters. The molecule has 4 heteroatoms. The number of hydrogen-bond donors (Lipinski definition) is 0. The maximum atomic E-state index is 6.37. The predicted molar refractivity (Wildman–Crippen MR) is 209 cm³/mol. The summed E-state index contributed by atoms with van der Waals surface area (Å²) in [5, 5.41) is 3.44. The first-order valence-corrected chi connectivity index (χ1v) is 17.6. The van der Waals surface area contributed by atoms with Gasteiger partial charge in [-0.15, -0.1) is 11.3 Å². The predicted octanol–water partition coefficient (Wildman–Crippen LogP) is 13.1. The number of para-hydroxylation sites is 2. The van der Waals surface area contributed by atoms with E-state index >= 15 is 0 Å². The molecule has 0 N–H and O–H groups in total. The summed E-state index contributed by atoms with van der Waals surface area (Å²) >= 11 is 1.76. The molecule has 0 amide bonds. The van der Waals surface area contributed by atoms with Crippen molar-refractivity contribution in [2.24, 2.45) is 0 Å². The number of aromatic nitrogens is 2. The average molecular weight is 657 g/mol. The molecule has 0 aliphatic carbocycles. The van der Waals surface area contributed by atoms with Gasteiger partial charge in [-0.3, -0.25) is 0 Å². The van der Waals surface area contributed by atoms with Gasteiger partial charge < -0.3 is 4.42 Å². The minimum Gasteiger partial charge on any atom is -0.455 e. The number of fused-ring (bicyclic) bond motifs is 6. The van der Waals surface area contributed by atoms with Crippen molar-refractivity contribution >= 4 is 53.6 Å². The molecule has 10 aromatic rings. The van der Waals surface area contributed by atoms with Crippen LogP contribution in [0.2, 0.25) is 0 Å². The second-order valence-corrected chi connectivity index (χ2v) is 13.6. The summed E-state index contributed by atoms with van der Waals surface area (Å²) in [6, 6.07) is 59.7. The van der Waals surface area contributed by atoms with Gasteiger partial charge >= 0.3 is 0 Å². The van der Waals surface area contributed by atoms with Crippen LogP contribution in [0.25, 0.3) is 98.3 Å². The number of nitrogens with zero attached hydrogens (tertiary/aromatic N) is 2. The quantitative estimate of drug-likeness (QED) is 0.185. The lowest BCUT2D eigenvalue weighted by molar-refractivity contribution is 0.670. The van der Waals surface area contributed by atoms with Gasteiger partial charge in [0, 0.05) is 37.5 Å². The molecule has 0 saturated heterocycles. The van der Waals surface area contributed by atoms with Crippen molar-refractivity contribution in [3.63, 3.8) is 0 Å². The summed E-state index contributed by atoms with van der Waals surface area (Å²) in [4.78, 5) is 10.4. The normalized spacial score (nSPS) is 11.6. The van der Waals surface area contributed by atoms with Crippen LogP contribution in [0.3, 0.4) is 0 Å². The van der Waals surface area contributed by atoms with Gasteiger partial charge in [-0.2, -0.15) is 0 Å². The smallest absolute Gasteiger partial charge is 0.160 e. The lowest BCUT2D eigenvalue weighted by Crippen LogP contribution is -1.94. The monoisotopic (exact) mass is 656 g/mol. The fourth-order valence-corrected chi connectivity index (χ4v) is 8.22. The summed E-state index contributed by atoms with van der Waals surface area (Å²) in [7, 11) is 0. The summed E-state index contributed by atoms with van der Waals surface area (Å²) in [6.45, 7) is 0. The fraction of sp³-hybridized carbons (Fsp3) is 0. The molecule has 0 saturated carbocycles. The van der Waals surface area contributed by atoms with Gasteiger partial charge in [0.1, 0.15) is 11.2 Å². The summed E-state index contributed by atoms with van der Waals surface area (Å²) in [6.07, 6.45) is 0. The van der Waals surface area contributed by atoms with E-state index in [2.05, 4.69) is 152 Å². The van der Waals surface area contributed by atoms with E-state index < -0.39 is 0 Å². The number of thiophene rings is 1. The molecular weight excluding hydrogens is 629 g/mol. The number of furan rings is 1. The number of hydrogen-bond acceptors (Lipinski definition) is 4. The van der Waals surface area contributed by atoms with Crippen molar-refractivity contribution < 1.29 is 4.42 Å². The van der Waals surface area contributed by atoms with E-state index in [1.807, 2.05) is 18.2 Å². The van der Waals surface area contributed by atoms with Crippen molar-refractivity contribution in [2.75, 3.05) is 0 Å². The SMILES string of the molecule is c1ccc(-c2nc(-c3cccc(-c4cccc(-c5cccc(-c6cccc7c6oc6ccccc67)c5)c4)c3)nc3c2sc2ccccc23)cc1. The van der Waals surface area contributed by atoms with Crippen LogP contribution in [0.5, 0.6) is 0 Å². The van der Waals surface area contributed by atoms with E-state index in [4.69, 9.17) is 14.4 Å². The minimum atomic E-state index is 0.727. The first kappa shape index (κ1) is 28.6. The van der Waals surface area contributed by atoms with Gasteiger partial charge in [0.15, 0.2) is 5.82 Å². The Balaban J connectivity index is 1.05. The zero-order valence-electron chi connectivity index (χ0n) is 26.9. The van der Waals surface area contributed by atoms with E-state index in [-0.39, 0.29) is 0 Å². The molecule has 3 heterocycles. The third kappa shape index (κ3) is 4.80. The molecule has 0 bridgehead atoms. The highest BCUT2D eigenvalue weighted by Gasteiger charge is 2.17. The van der Waals surface area contributed by atoms with Crippen LogP contribution in [0, 0.1) is 0 Å². The summed E-state index contributed by atoms with van der Waals surface area (Å²) < 4.78 is 8.70. The van der Waals surface area contributed by atoms with E-state index in [1.54, 1.807) is 11.3 Å². The van der Waals surface area contributed by atoms with Crippen molar-refractivity contribution in [3.8, 4) is 56.0 Å². The molecule has 234 valence electrons. The molecule has 0 aliphatic rings. The Hall–Kier alpha value is -6.36. The van der Waals surface area contributed by atoms with Crippen LogP contribution >= 0.6 is 11.3 Å². The number of benzene rings is 7. The van der Waals surface area contributed by atoms with Crippen molar-refractivity contribution in [3.05, 3.63) is 170 Å². The maximum absolute atomic E-state index is 6.37. The largest absolute Gasteiger partial charge is 0.455 e. The topological polar surface area (TPSA) is 38.9 Å². The standard InChI is InChI=1S/C46H28N2OS/c1-2-12-29(13-3-1)42-45-43(39-21-5-7-25-41(39)50-45)48-46(47-42)35-19-10-17-33(28-35)31-15-8-14-30(26-31)32-16-9-18-34(27-32)36-22-11-23-38-37-20-4-6-24-40(37)49-44(36)38/h1-28H. The maximum Gasteiger partial charge on any atom is 0.160 e. The highest BCUT2D eigenvalue weighted by atomic mass is 32.1. The van der Waals surface area contributed by atoms with Crippen LogP contribution in [0.4, 0.5) is 0 Å². The Morgan fingerprint density at radius 3 is 1.76 bits per heavy atom. The first-order valence-electron chi connectivity index (χ1n) is 16.7. The third-order valence-electron chi connectivity index (χ3n) is 9.49. The van der Waals surface area contributed by atoms with Crippen LogP contribution in [0.1, 0.15) is 0 Å². The fourth-order valence-electron chi connectivity index (χ4n) is 7.07. The van der Waals surface area contributed by atoms with E-state index in [0.29, 0.717) is 0 Å². The molecule has 0 aliphatic heterocycles. The zero-order valence-corrected chi connectivity index (χ0v) is 27.7. The molecule has 10 rings (SSSR count). The molecule has 7 aromatic carbocycles. The first-order chi connectivity index (χ1) is 24.8. The van der Waals surface area contributed by atoms with E-state index in [0.717, 1.165) is 93.6 Å². The van der Waals surface area contributed by atoms with Crippen molar-refractivity contribution in [1.82, 2.24) is 9.97 Å². The minimum absolute atomic E-state index is 0.727. The molecule has 0 radical (unpaired) electrons. The molecule has 0 spiro atoms. The summed E-state index contributed by atoms with van der Waals surface area (Å²) in [5.41, 5.74) is 12.7. The molecule has 3 nitrogen and oxygen atoms in total. The molecule has 3 aromatic heterocycles. The second-order valence-electron chi connectivity index (χ2n) is 12.6. The average Bonchev–Trinajstić information content (AvgIpc) is 3.77. The molecular formula is C46H28N2OS.